The number of benzene rings is 2. The number of aryl methyl sites for hydroxylation is 1. The molecule has 2 rings (SSSR count). The van der Waals surface area contributed by atoms with Crippen LogP contribution in [0.5, 0.6) is 5.75 Å². The molecule has 2 aromatic rings. The van der Waals surface area contributed by atoms with Crippen LogP contribution in [0.4, 0.5) is 4.39 Å². The normalized spacial score (nSPS) is 9.83. The van der Waals surface area contributed by atoms with E-state index in [0.29, 0.717) is 17.9 Å². The van der Waals surface area contributed by atoms with Crippen molar-refractivity contribution < 1.29 is 9.13 Å². The fourth-order valence-electron chi connectivity index (χ4n) is 1.67. The zero-order valence-corrected chi connectivity index (χ0v) is 9.98. The summed E-state index contributed by atoms with van der Waals surface area (Å²) in [7, 11) is 0. The van der Waals surface area contributed by atoms with E-state index in [2.05, 4.69) is 6.07 Å². The van der Waals surface area contributed by atoms with Gasteiger partial charge in [-0.15, -0.1) is 0 Å². The zero-order valence-electron chi connectivity index (χ0n) is 9.98. The van der Waals surface area contributed by atoms with E-state index in [1.807, 2.05) is 12.1 Å². The molecule has 18 heavy (non-hydrogen) atoms. The Morgan fingerprint density at radius 2 is 2.06 bits per heavy atom. The fraction of sp³-hybridized carbons (Fsp3) is 0.133. The minimum Gasteiger partial charge on any atom is -0.489 e. The quantitative estimate of drug-likeness (QED) is 0.822. The van der Waals surface area contributed by atoms with Crippen LogP contribution in [0.2, 0.25) is 0 Å². The Morgan fingerprint density at radius 3 is 2.78 bits per heavy atom. The molecule has 0 spiro atoms. The summed E-state index contributed by atoms with van der Waals surface area (Å²) in [5.74, 6) is 0.380. The first-order valence-corrected chi connectivity index (χ1v) is 5.57. The van der Waals surface area contributed by atoms with E-state index in [9.17, 15) is 4.39 Å². The van der Waals surface area contributed by atoms with Crippen LogP contribution in [0.15, 0.2) is 42.5 Å². The van der Waals surface area contributed by atoms with E-state index >= 15 is 0 Å². The summed E-state index contributed by atoms with van der Waals surface area (Å²) in [4.78, 5) is 0. The third-order valence-electron chi connectivity index (χ3n) is 2.59. The summed E-state index contributed by atoms with van der Waals surface area (Å²) in [6.45, 7) is 2.16. The summed E-state index contributed by atoms with van der Waals surface area (Å²) < 4.78 is 18.5. The molecular weight excluding hydrogens is 229 g/mol. The average molecular weight is 241 g/mol. The number of halogens is 1. The van der Waals surface area contributed by atoms with Crippen LogP contribution in [0.3, 0.4) is 0 Å². The van der Waals surface area contributed by atoms with Crippen LogP contribution in [0.25, 0.3) is 0 Å². The molecule has 0 amide bonds. The Balaban J connectivity index is 2.09. The van der Waals surface area contributed by atoms with Crippen molar-refractivity contribution in [3.63, 3.8) is 0 Å². The summed E-state index contributed by atoms with van der Waals surface area (Å²) in [5.41, 5.74) is 2.27. The Morgan fingerprint density at radius 1 is 1.22 bits per heavy atom. The Labute approximate surface area is 105 Å². The van der Waals surface area contributed by atoms with Crippen molar-refractivity contribution >= 4 is 0 Å². The molecule has 0 aliphatic rings. The van der Waals surface area contributed by atoms with Gasteiger partial charge in [0.1, 0.15) is 18.2 Å². The maximum Gasteiger partial charge on any atom is 0.123 e. The molecule has 3 heteroatoms. The van der Waals surface area contributed by atoms with Gasteiger partial charge in [0.2, 0.25) is 0 Å². The number of nitrogens with zero attached hydrogens (tertiary/aromatic N) is 1. The maximum atomic E-state index is 12.9. The van der Waals surface area contributed by atoms with E-state index in [1.54, 1.807) is 25.1 Å². The molecule has 2 aromatic carbocycles. The highest BCUT2D eigenvalue weighted by Gasteiger charge is 2.02. The molecule has 2 nitrogen and oxygen atoms in total. The first kappa shape index (κ1) is 12.1. The summed E-state index contributed by atoms with van der Waals surface area (Å²) in [6.07, 6.45) is 0. The van der Waals surface area contributed by atoms with Crippen LogP contribution >= 0.6 is 0 Å². The van der Waals surface area contributed by atoms with Gasteiger partial charge in [0.15, 0.2) is 0 Å². The maximum absolute atomic E-state index is 12.9. The van der Waals surface area contributed by atoms with Gasteiger partial charge in [-0.05, 0) is 48.4 Å². The van der Waals surface area contributed by atoms with Gasteiger partial charge >= 0.3 is 0 Å². The van der Waals surface area contributed by atoms with E-state index < -0.39 is 0 Å². The van der Waals surface area contributed by atoms with Crippen molar-refractivity contribution in [2.75, 3.05) is 0 Å². The lowest BCUT2D eigenvalue weighted by molar-refractivity contribution is 0.303. The van der Waals surface area contributed by atoms with Crippen molar-refractivity contribution in [3.8, 4) is 11.8 Å². The molecule has 0 saturated heterocycles. The standard InChI is InChI=1S/C15H12FNO/c1-11-7-14(16)5-6-15(11)18-10-13-4-2-3-12(8-13)9-17/h2-8H,10H2,1H3. The summed E-state index contributed by atoms with van der Waals surface area (Å²) in [6, 6.07) is 13.7. The van der Waals surface area contributed by atoms with Gasteiger partial charge in [0.05, 0.1) is 11.6 Å². The van der Waals surface area contributed by atoms with Crippen molar-refractivity contribution in [1.82, 2.24) is 0 Å². The third-order valence-corrected chi connectivity index (χ3v) is 2.59. The molecule has 0 aliphatic carbocycles. The predicted molar refractivity (Wildman–Crippen MR) is 66.6 cm³/mol. The number of hydrogen-bond donors (Lipinski definition) is 0. The molecule has 0 saturated carbocycles. The predicted octanol–water partition coefficient (Wildman–Crippen LogP) is 3.58. The van der Waals surface area contributed by atoms with Crippen LogP contribution < -0.4 is 4.74 Å². The lowest BCUT2D eigenvalue weighted by Crippen LogP contribution is -1.97. The van der Waals surface area contributed by atoms with Gasteiger partial charge in [-0.3, -0.25) is 0 Å². The van der Waals surface area contributed by atoms with Gasteiger partial charge in [-0.2, -0.15) is 5.26 Å². The fourth-order valence-corrected chi connectivity index (χ4v) is 1.67. The molecule has 0 heterocycles. The molecule has 0 bridgehead atoms. The van der Waals surface area contributed by atoms with Crippen LogP contribution in [0.1, 0.15) is 16.7 Å². The second kappa shape index (κ2) is 5.33. The SMILES string of the molecule is Cc1cc(F)ccc1OCc1cccc(C#N)c1. The van der Waals surface area contributed by atoms with Crippen molar-refractivity contribution in [2.24, 2.45) is 0 Å². The van der Waals surface area contributed by atoms with E-state index in [0.717, 1.165) is 11.1 Å². The molecule has 0 aliphatic heterocycles. The van der Waals surface area contributed by atoms with Crippen LogP contribution in [-0.4, -0.2) is 0 Å². The van der Waals surface area contributed by atoms with Crippen LogP contribution in [-0.2, 0) is 6.61 Å². The van der Waals surface area contributed by atoms with E-state index in [-0.39, 0.29) is 5.82 Å². The number of hydrogen-bond acceptors (Lipinski definition) is 2. The first-order valence-electron chi connectivity index (χ1n) is 5.57. The second-order valence-electron chi connectivity index (χ2n) is 4.01. The van der Waals surface area contributed by atoms with E-state index in [4.69, 9.17) is 10.00 Å². The number of nitriles is 1. The van der Waals surface area contributed by atoms with Crippen molar-refractivity contribution in [3.05, 3.63) is 65.0 Å². The average Bonchev–Trinajstić information content (AvgIpc) is 2.38. The van der Waals surface area contributed by atoms with Crippen LogP contribution in [0, 0.1) is 24.1 Å². The summed E-state index contributed by atoms with van der Waals surface area (Å²) >= 11 is 0. The zero-order chi connectivity index (χ0) is 13.0. The van der Waals surface area contributed by atoms with Gasteiger partial charge in [-0.1, -0.05) is 12.1 Å². The Bertz CT molecular complexity index is 602. The highest BCUT2D eigenvalue weighted by atomic mass is 19.1. The van der Waals surface area contributed by atoms with Crippen molar-refractivity contribution in [1.29, 1.82) is 5.26 Å². The van der Waals surface area contributed by atoms with Gasteiger partial charge in [0, 0.05) is 0 Å². The number of ether oxygens (including phenoxy) is 1. The summed E-state index contributed by atoms with van der Waals surface area (Å²) in [5, 5.41) is 8.79. The molecule has 0 fully saturated rings. The third kappa shape index (κ3) is 2.86. The molecular formula is C15H12FNO. The number of rotatable bonds is 3. The van der Waals surface area contributed by atoms with Gasteiger partial charge in [-0.25, -0.2) is 4.39 Å². The highest BCUT2D eigenvalue weighted by Crippen LogP contribution is 2.19. The molecule has 90 valence electrons. The highest BCUT2D eigenvalue weighted by molar-refractivity contribution is 5.35. The monoisotopic (exact) mass is 241 g/mol. The molecule has 0 radical (unpaired) electrons. The van der Waals surface area contributed by atoms with Crippen molar-refractivity contribution in [2.45, 2.75) is 13.5 Å². The largest absolute Gasteiger partial charge is 0.489 e. The lowest BCUT2D eigenvalue weighted by atomic mass is 10.1. The Kier molecular flexibility index (Phi) is 3.59. The lowest BCUT2D eigenvalue weighted by Gasteiger charge is -2.09. The molecule has 0 atom stereocenters. The van der Waals surface area contributed by atoms with E-state index in [1.165, 1.54) is 12.1 Å². The van der Waals surface area contributed by atoms with Gasteiger partial charge in [0.25, 0.3) is 0 Å². The smallest absolute Gasteiger partial charge is 0.123 e. The topological polar surface area (TPSA) is 33.0 Å². The minimum absolute atomic E-state index is 0.272. The molecule has 0 N–H and O–H groups in total. The Hall–Kier alpha value is -2.34. The molecule has 0 unspecified atom stereocenters. The minimum atomic E-state index is -0.272. The second-order valence-corrected chi connectivity index (χ2v) is 4.01. The molecule has 0 aromatic heterocycles. The first-order chi connectivity index (χ1) is 8.69. The van der Waals surface area contributed by atoms with Gasteiger partial charge < -0.3 is 4.74 Å².